The molecule has 17 heavy (non-hydrogen) atoms. The molecule has 4 heteroatoms. The van der Waals surface area contributed by atoms with Crippen LogP contribution >= 0.6 is 11.6 Å². The molecule has 0 aliphatic heterocycles. The number of rotatable bonds is 2. The molecule has 1 aromatic rings. The summed E-state index contributed by atoms with van der Waals surface area (Å²) < 4.78 is 5.95. The molecule has 2 rings (SSSR count). The molecule has 1 aliphatic rings. The highest BCUT2D eigenvalue weighted by molar-refractivity contribution is 6.28. The second-order valence-electron chi connectivity index (χ2n) is 5.13. The molecule has 1 fully saturated rings. The molecule has 0 radical (unpaired) electrons. The number of ether oxygens (including phenoxy) is 1. The lowest BCUT2D eigenvalue weighted by Crippen LogP contribution is -2.29. The number of hydrogen-bond acceptors (Lipinski definition) is 3. The van der Waals surface area contributed by atoms with Crippen molar-refractivity contribution in [3.05, 3.63) is 17.0 Å². The molecule has 0 aromatic carbocycles. The quantitative estimate of drug-likeness (QED) is 0.756. The van der Waals surface area contributed by atoms with Crippen molar-refractivity contribution < 1.29 is 4.74 Å². The summed E-state index contributed by atoms with van der Waals surface area (Å²) >= 11 is 5.78. The first-order chi connectivity index (χ1) is 8.06. The van der Waals surface area contributed by atoms with Crippen molar-refractivity contribution in [2.45, 2.75) is 46.1 Å². The lowest BCUT2D eigenvalue weighted by atomic mass is 9.80. The van der Waals surface area contributed by atoms with E-state index in [1.807, 2.05) is 6.92 Å². The van der Waals surface area contributed by atoms with Gasteiger partial charge in [0.25, 0.3) is 0 Å². The number of hydrogen-bond donors (Lipinski definition) is 0. The van der Waals surface area contributed by atoms with E-state index in [0.717, 1.165) is 24.3 Å². The number of halogens is 1. The molecular formula is C13H19ClN2O. The van der Waals surface area contributed by atoms with Gasteiger partial charge in [-0.15, -0.1) is 0 Å². The zero-order valence-corrected chi connectivity index (χ0v) is 11.4. The van der Waals surface area contributed by atoms with Gasteiger partial charge in [0.1, 0.15) is 6.10 Å². The van der Waals surface area contributed by atoms with E-state index in [-0.39, 0.29) is 11.4 Å². The smallest absolute Gasteiger partial charge is 0.225 e. The average molecular weight is 255 g/mol. The Morgan fingerprint density at radius 3 is 2.76 bits per heavy atom. The second-order valence-corrected chi connectivity index (χ2v) is 5.47. The monoisotopic (exact) mass is 254 g/mol. The van der Waals surface area contributed by atoms with Crippen molar-refractivity contribution in [3.8, 4) is 5.88 Å². The first-order valence-corrected chi connectivity index (χ1v) is 6.60. The van der Waals surface area contributed by atoms with Crippen LogP contribution in [0.2, 0.25) is 5.28 Å². The second kappa shape index (κ2) is 5.21. The lowest BCUT2D eigenvalue weighted by molar-refractivity contribution is 0.0956. The summed E-state index contributed by atoms with van der Waals surface area (Å²) in [5, 5.41) is 0.253. The first kappa shape index (κ1) is 12.6. The molecule has 3 atom stereocenters. The third-order valence-corrected chi connectivity index (χ3v) is 3.91. The largest absolute Gasteiger partial charge is 0.474 e. The lowest BCUT2D eigenvalue weighted by Gasteiger charge is -2.32. The SMILES string of the molecule is Cc1cnc(Cl)nc1OC1CCC(C)C(C)C1. The Labute approximate surface area is 108 Å². The van der Waals surface area contributed by atoms with Crippen LogP contribution in [0.4, 0.5) is 0 Å². The number of nitrogens with zero attached hydrogens (tertiary/aromatic N) is 2. The van der Waals surface area contributed by atoms with Crippen molar-refractivity contribution in [2.75, 3.05) is 0 Å². The van der Waals surface area contributed by atoms with Crippen LogP contribution in [0.3, 0.4) is 0 Å². The highest BCUT2D eigenvalue weighted by Gasteiger charge is 2.26. The Hall–Kier alpha value is -0.830. The van der Waals surface area contributed by atoms with Crippen LogP contribution in [-0.4, -0.2) is 16.1 Å². The van der Waals surface area contributed by atoms with Gasteiger partial charge in [-0.1, -0.05) is 13.8 Å². The van der Waals surface area contributed by atoms with Gasteiger partial charge in [0.2, 0.25) is 11.2 Å². The third-order valence-electron chi connectivity index (χ3n) is 3.72. The molecule has 1 aliphatic carbocycles. The third kappa shape index (κ3) is 3.09. The molecule has 1 heterocycles. The molecule has 0 amide bonds. The summed E-state index contributed by atoms with van der Waals surface area (Å²) in [4.78, 5) is 8.08. The van der Waals surface area contributed by atoms with Gasteiger partial charge in [-0.3, -0.25) is 0 Å². The van der Waals surface area contributed by atoms with Crippen LogP contribution in [0.15, 0.2) is 6.20 Å². The van der Waals surface area contributed by atoms with Crippen LogP contribution in [0, 0.1) is 18.8 Å². The van der Waals surface area contributed by atoms with E-state index < -0.39 is 0 Å². The van der Waals surface area contributed by atoms with E-state index in [2.05, 4.69) is 23.8 Å². The Morgan fingerprint density at radius 1 is 1.29 bits per heavy atom. The maximum absolute atomic E-state index is 5.95. The van der Waals surface area contributed by atoms with Crippen molar-refractivity contribution >= 4 is 11.6 Å². The van der Waals surface area contributed by atoms with Crippen molar-refractivity contribution in [2.24, 2.45) is 11.8 Å². The Morgan fingerprint density at radius 2 is 2.06 bits per heavy atom. The van der Waals surface area contributed by atoms with E-state index in [1.165, 1.54) is 6.42 Å². The fourth-order valence-corrected chi connectivity index (χ4v) is 2.41. The van der Waals surface area contributed by atoms with Gasteiger partial charge in [-0.25, -0.2) is 4.98 Å². The fraction of sp³-hybridized carbons (Fsp3) is 0.692. The maximum Gasteiger partial charge on any atom is 0.225 e. The average Bonchev–Trinajstić information content (AvgIpc) is 2.29. The summed E-state index contributed by atoms with van der Waals surface area (Å²) in [7, 11) is 0. The van der Waals surface area contributed by atoms with Gasteiger partial charge in [0, 0.05) is 11.8 Å². The predicted octanol–water partition coefficient (Wildman–Crippen LogP) is 3.64. The molecule has 1 saturated carbocycles. The van der Waals surface area contributed by atoms with E-state index in [1.54, 1.807) is 6.20 Å². The van der Waals surface area contributed by atoms with Crippen LogP contribution < -0.4 is 4.74 Å². The summed E-state index contributed by atoms with van der Waals surface area (Å²) in [5.41, 5.74) is 0.945. The molecule has 0 bridgehead atoms. The van der Waals surface area contributed by atoms with Crippen molar-refractivity contribution in [1.82, 2.24) is 9.97 Å². The fourth-order valence-electron chi connectivity index (χ4n) is 2.29. The van der Waals surface area contributed by atoms with Gasteiger partial charge >= 0.3 is 0 Å². The Balaban J connectivity index is 2.03. The zero-order valence-electron chi connectivity index (χ0n) is 10.6. The zero-order chi connectivity index (χ0) is 12.4. The van der Waals surface area contributed by atoms with Crippen molar-refractivity contribution in [3.63, 3.8) is 0 Å². The minimum Gasteiger partial charge on any atom is -0.474 e. The number of aromatic nitrogens is 2. The van der Waals surface area contributed by atoms with E-state index in [9.17, 15) is 0 Å². The molecule has 3 nitrogen and oxygen atoms in total. The summed E-state index contributed by atoms with van der Waals surface area (Å²) in [5.74, 6) is 2.15. The molecule has 0 spiro atoms. The minimum absolute atomic E-state index is 0.253. The topological polar surface area (TPSA) is 35.0 Å². The molecule has 0 saturated heterocycles. The van der Waals surface area contributed by atoms with E-state index >= 15 is 0 Å². The molecular weight excluding hydrogens is 236 g/mol. The standard InChI is InChI=1S/C13H19ClN2O/c1-8-4-5-11(6-9(8)2)17-12-10(3)7-15-13(14)16-12/h7-9,11H,4-6H2,1-3H3. The summed E-state index contributed by atoms with van der Waals surface area (Å²) in [6.45, 7) is 6.55. The Bertz CT molecular complexity index is 397. The molecule has 0 N–H and O–H groups in total. The van der Waals surface area contributed by atoms with Gasteiger partial charge in [-0.2, -0.15) is 4.98 Å². The normalized spacial score (nSPS) is 29.1. The van der Waals surface area contributed by atoms with Crippen LogP contribution in [0.5, 0.6) is 5.88 Å². The van der Waals surface area contributed by atoms with Gasteiger partial charge < -0.3 is 4.74 Å². The summed E-state index contributed by atoms with van der Waals surface area (Å²) in [6, 6.07) is 0. The van der Waals surface area contributed by atoms with Gasteiger partial charge in [-0.05, 0) is 49.6 Å². The minimum atomic E-state index is 0.253. The summed E-state index contributed by atoms with van der Waals surface area (Å²) in [6.07, 6.45) is 5.41. The van der Waals surface area contributed by atoms with Crippen LogP contribution in [-0.2, 0) is 0 Å². The molecule has 94 valence electrons. The highest BCUT2D eigenvalue weighted by Crippen LogP contribution is 2.32. The first-order valence-electron chi connectivity index (χ1n) is 6.22. The van der Waals surface area contributed by atoms with E-state index in [0.29, 0.717) is 11.8 Å². The maximum atomic E-state index is 5.95. The van der Waals surface area contributed by atoms with Crippen molar-refractivity contribution in [1.29, 1.82) is 0 Å². The van der Waals surface area contributed by atoms with E-state index in [4.69, 9.17) is 16.3 Å². The predicted molar refractivity (Wildman–Crippen MR) is 68.4 cm³/mol. The number of aryl methyl sites for hydroxylation is 1. The molecule has 3 unspecified atom stereocenters. The van der Waals surface area contributed by atoms with Gasteiger partial charge in [0.15, 0.2) is 0 Å². The van der Waals surface area contributed by atoms with Gasteiger partial charge in [0.05, 0.1) is 0 Å². The molecule has 1 aromatic heterocycles. The van der Waals surface area contributed by atoms with Crippen LogP contribution in [0.25, 0.3) is 0 Å². The Kier molecular flexibility index (Phi) is 3.87. The van der Waals surface area contributed by atoms with Crippen LogP contribution in [0.1, 0.15) is 38.7 Å². The highest BCUT2D eigenvalue weighted by atomic mass is 35.5.